The van der Waals surface area contributed by atoms with Crippen LogP contribution >= 0.6 is 0 Å². The van der Waals surface area contributed by atoms with E-state index >= 15 is 0 Å². The molecule has 0 unspecified atom stereocenters. The van der Waals surface area contributed by atoms with Crippen molar-refractivity contribution in [1.82, 2.24) is 0 Å². The molecule has 0 N–H and O–H groups in total. The summed E-state index contributed by atoms with van der Waals surface area (Å²) in [5, 5.41) is 0. The van der Waals surface area contributed by atoms with Crippen LogP contribution in [0.25, 0.3) is 6.08 Å². The first kappa shape index (κ1) is 20.4. The first-order chi connectivity index (χ1) is 13.1. The number of hydrogen-bond donors (Lipinski definition) is 0. The van der Waals surface area contributed by atoms with Crippen LogP contribution in [0.1, 0.15) is 35.7 Å². The van der Waals surface area contributed by atoms with Crippen LogP contribution in [-0.4, -0.2) is 33.7 Å². The molecule has 0 aromatic heterocycles. The smallest absolute Gasteiger partial charge is 0.193 e. The fourth-order valence-electron chi connectivity index (χ4n) is 2.51. The number of methoxy groups -OCH3 is 3. The predicted molar refractivity (Wildman–Crippen MR) is 106 cm³/mol. The average molecular weight is 370 g/mol. The maximum Gasteiger partial charge on any atom is 0.193 e. The van der Waals surface area contributed by atoms with Gasteiger partial charge in [-0.25, -0.2) is 0 Å². The summed E-state index contributed by atoms with van der Waals surface area (Å²) in [6, 6.07) is 10.9. The van der Waals surface area contributed by atoms with Gasteiger partial charge in [-0.1, -0.05) is 31.6 Å². The monoisotopic (exact) mass is 370 g/mol. The van der Waals surface area contributed by atoms with E-state index in [1.54, 1.807) is 25.3 Å². The van der Waals surface area contributed by atoms with E-state index in [2.05, 4.69) is 6.92 Å². The number of hydrogen-bond acceptors (Lipinski definition) is 5. The molecule has 0 radical (unpaired) electrons. The normalized spacial score (nSPS) is 10.7. The van der Waals surface area contributed by atoms with Gasteiger partial charge in [-0.2, -0.15) is 0 Å². The second kappa shape index (κ2) is 10.3. The zero-order valence-electron chi connectivity index (χ0n) is 16.3. The molecule has 0 saturated heterocycles. The number of ether oxygens (including phenoxy) is 4. The molecule has 0 bridgehead atoms. The van der Waals surface area contributed by atoms with Gasteiger partial charge in [-0.3, -0.25) is 4.79 Å². The number of ketones is 1. The number of carbonyl (C=O) groups is 1. The maximum atomic E-state index is 12.7. The molecule has 0 aliphatic rings. The molecule has 0 aliphatic heterocycles. The van der Waals surface area contributed by atoms with Gasteiger partial charge in [0.05, 0.1) is 27.9 Å². The molecule has 0 saturated carbocycles. The van der Waals surface area contributed by atoms with E-state index in [9.17, 15) is 4.79 Å². The van der Waals surface area contributed by atoms with Crippen molar-refractivity contribution in [2.45, 2.75) is 19.8 Å². The molecule has 5 nitrogen and oxygen atoms in total. The molecule has 5 heteroatoms. The van der Waals surface area contributed by atoms with Gasteiger partial charge >= 0.3 is 0 Å². The fraction of sp³-hybridized carbons (Fsp3) is 0.318. The SMILES string of the molecule is CCCCOc1ccc(/C=C/C(=O)c2c(OC)cc(OC)cc2OC)cc1. The van der Waals surface area contributed by atoms with Crippen molar-refractivity contribution in [1.29, 1.82) is 0 Å². The minimum Gasteiger partial charge on any atom is -0.496 e. The largest absolute Gasteiger partial charge is 0.496 e. The lowest BCUT2D eigenvalue weighted by Gasteiger charge is -2.13. The zero-order chi connectivity index (χ0) is 19.6. The van der Waals surface area contributed by atoms with Gasteiger partial charge in [0, 0.05) is 12.1 Å². The lowest BCUT2D eigenvalue weighted by molar-refractivity contribution is 0.104. The Bertz CT molecular complexity index is 753. The van der Waals surface area contributed by atoms with E-state index in [0.717, 1.165) is 24.2 Å². The number of unbranched alkanes of at least 4 members (excludes halogenated alkanes) is 1. The van der Waals surface area contributed by atoms with Gasteiger partial charge < -0.3 is 18.9 Å². The van der Waals surface area contributed by atoms with E-state index < -0.39 is 0 Å². The summed E-state index contributed by atoms with van der Waals surface area (Å²) in [6.45, 7) is 2.84. The Balaban J connectivity index is 2.16. The molecule has 0 spiro atoms. The second-order valence-corrected chi connectivity index (χ2v) is 5.88. The van der Waals surface area contributed by atoms with Gasteiger partial charge in [0.2, 0.25) is 0 Å². The highest BCUT2D eigenvalue weighted by atomic mass is 16.5. The Morgan fingerprint density at radius 3 is 2.07 bits per heavy atom. The lowest BCUT2D eigenvalue weighted by atomic mass is 10.1. The predicted octanol–water partition coefficient (Wildman–Crippen LogP) is 4.79. The molecule has 0 heterocycles. The minimum absolute atomic E-state index is 0.213. The van der Waals surface area contributed by atoms with Gasteiger partial charge in [-0.15, -0.1) is 0 Å². The third kappa shape index (κ3) is 5.51. The molecule has 2 aromatic rings. The first-order valence-electron chi connectivity index (χ1n) is 8.88. The Hall–Kier alpha value is -2.95. The van der Waals surface area contributed by atoms with Crippen LogP contribution in [-0.2, 0) is 0 Å². The maximum absolute atomic E-state index is 12.7. The van der Waals surface area contributed by atoms with Gasteiger partial charge in [0.15, 0.2) is 5.78 Å². The highest BCUT2D eigenvalue weighted by Gasteiger charge is 2.18. The van der Waals surface area contributed by atoms with E-state index in [1.165, 1.54) is 20.3 Å². The van der Waals surface area contributed by atoms with Crippen LogP contribution in [0.3, 0.4) is 0 Å². The fourth-order valence-corrected chi connectivity index (χ4v) is 2.51. The molecular formula is C22H26O5. The number of carbonyl (C=O) groups excluding carboxylic acids is 1. The summed E-state index contributed by atoms with van der Waals surface area (Å²) >= 11 is 0. The van der Waals surface area contributed by atoms with E-state index in [-0.39, 0.29) is 5.78 Å². The van der Waals surface area contributed by atoms with Crippen molar-refractivity contribution >= 4 is 11.9 Å². The highest BCUT2D eigenvalue weighted by Crippen LogP contribution is 2.34. The topological polar surface area (TPSA) is 54.0 Å². The summed E-state index contributed by atoms with van der Waals surface area (Å²) in [4.78, 5) is 12.7. The summed E-state index contributed by atoms with van der Waals surface area (Å²) in [7, 11) is 4.56. The van der Waals surface area contributed by atoms with E-state index in [0.29, 0.717) is 29.4 Å². The van der Waals surface area contributed by atoms with Gasteiger partial charge in [-0.05, 0) is 30.2 Å². The Kier molecular flexibility index (Phi) is 7.74. The molecule has 0 atom stereocenters. The zero-order valence-corrected chi connectivity index (χ0v) is 16.3. The average Bonchev–Trinajstić information content (AvgIpc) is 2.71. The van der Waals surface area contributed by atoms with E-state index in [1.807, 2.05) is 24.3 Å². The Labute approximate surface area is 160 Å². The van der Waals surface area contributed by atoms with Crippen molar-refractivity contribution < 1.29 is 23.7 Å². The first-order valence-corrected chi connectivity index (χ1v) is 8.88. The second-order valence-electron chi connectivity index (χ2n) is 5.88. The van der Waals surface area contributed by atoms with E-state index in [4.69, 9.17) is 18.9 Å². The Morgan fingerprint density at radius 2 is 1.56 bits per heavy atom. The van der Waals surface area contributed by atoms with Crippen molar-refractivity contribution in [3.63, 3.8) is 0 Å². The van der Waals surface area contributed by atoms with Crippen molar-refractivity contribution in [2.75, 3.05) is 27.9 Å². The quantitative estimate of drug-likeness (QED) is 0.342. The molecule has 27 heavy (non-hydrogen) atoms. The van der Waals surface area contributed by atoms with Crippen molar-refractivity contribution in [3.8, 4) is 23.0 Å². The molecular weight excluding hydrogens is 344 g/mol. The molecule has 2 rings (SSSR count). The van der Waals surface area contributed by atoms with Crippen molar-refractivity contribution in [2.24, 2.45) is 0 Å². The number of rotatable bonds is 10. The number of allylic oxidation sites excluding steroid dienone is 1. The summed E-state index contributed by atoms with van der Waals surface area (Å²) in [6.07, 6.45) is 5.38. The lowest BCUT2D eigenvalue weighted by Crippen LogP contribution is -2.03. The van der Waals surface area contributed by atoms with Crippen LogP contribution in [0.15, 0.2) is 42.5 Å². The van der Waals surface area contributed by atoms with Crippen LogP contribution in [0.2, 0.25) is 0 Å². The van der Waals surface area contributed by atoms with Crippen LogP contribution in [0.4, 0.5) is 0 Å². The molecule has 0 fully saturated rings. The third-order valence-electron chi connectivity index (χ3n) is 4.04. The standard InChI is InChI=1S/C22H26O5/c1-5-6-13-27-17-10-7-16(8-11-17)9-12-19(23)22-20(25-3)14-18(24-2)15-21(22)26-4/h7-12,14-15H,5-6,13H2,1-4H3/b12-9+. The minimum atomic E-state index is -0.213. The van der Waals surface area contributed by atoms with Crippen LogP contribution < -0.4 is 18.9 Å². The van der Waals surface area contributed by atoms with Gasteiger partial charge in [0.1, 0.15) is 28.6 Å². The van der Waals surface area contributed by atoms with Gasteiger partial charge in [0.25, 0.3) is 0 Å². The molecule has 2 aromatic carbocycles. The van der Waals surface area contributed by atoms with Crippen LogP contribution in [0, 0.1) is 0 Å². The summed E-state index contributed by atoms with van der Waals surface area (Å²) in [5.74, 6) is 1.98. The molecule has 144 valence electrons. The van der Waals surface area contributed by atoms with Crippen molar-refractivity contribution in [3.05, 3.63) is 53.6 Å². The van der Waals surface area contributed by atoms with Crippen LogP contribution in [0.5, 0.6) is 23.0 Å². The Morgan fingerprint density at radius 1 is 0.926 bits per heavy atom. The summed E-state index contributed by atoms with van der Waals surface area (Å²) in [5.41, 5.74) is 1.26. The molecule has 0 amide bonds. The highest BCUT2D eigenvalue weighted by molar-refractivity contribution is 6.10. The molecule has 0 aliphatic carbocycles. The third-order valence-corrected chi connectivity index (χ3v) is 4.04. The number of benzene rings is 2. The summed E-state index contributed by atoms with van der Waals surface area (Å²) < 4.78 is 21.5.